The van der Waals surface area contributed by atoms with Crippen LogP contribution in [0.4, 0.5) is 0 Å². The highest BCUT2D eigenvalue weighted by Crippen LogP contribution is 2.27. The van der Waals surface area contributed by atoms with Crippen LogP contribution in [0.3, 0.4) is 0 Å². The van der Waals surface area contributed by atoms with Crippen LogP contribution in [-0.4, -0.2) is 83.4 Å². The summed E-state index contributed by atoms with van der Waals surface area (Å²) >= 11 is 0. The molecule has 0 bridgehead atoms. The van der Waals surface area contributed by atoms with Crippen molar-refractivity contribution in [3.05, 3.63) is 102 Å². The van der Waals surface area contributed by atoms with Crippen LogP contribution in [0.2, 0.25) is 0 Å². The largest absolute Gasteiger partial charge is 0.462 e. The van der Waals surface area contributed by atoms with Gasteiger partial charge >= 0.3 is 0 Å². The van der Waals surface area contributed by atoms with E-state index in [1.165, 1.54) is 11.0 Å². The topological polar surface area (TPSA) is 171 Å². The number of nitrogens with zero attached hydrogens (tertiary/aromatic N) is 5. The maximum absolute atomic E-state index is 10.2. The summed E-state index contributed by atoms with van der Waals surface area (Å²) in [7, 11) is 0. The molecular weight excluding hydrogens is 540 g/mol. The second-order valence-electron chi connectivity index (χ2n) is 9.73. The highest BCUT2D eigenvalue weighted by Gasteiger charge is 2.44. The molecule has 42 heavy (non-hydrogen) atoms. The van der Waals surface area contributed by atoms with Gasteiger partial charge < -0.3 is 29.9 Å². The summed E-state index contributed by atoms with van der Waals surface area (Å²) in [5.41, 5.74) is 3.62. The van der Waals surface area contributed by atoms with Crippen molar-refractivity contribution in [3.63, 3.8) is 0 Å². The minimum absolute atomic E-state index is 0.111. The number of rotatable bonds is 7. The molecule has 5 aromatic rings. The van der Waals surface area contributed by atoms with Crippen LogP contribution < -0.4 is 10.2 Å². The highest BCUT2D eigenvalue weighted by atomic mass is 16.7. The van der Waals surface area contributed by atoms with Crippen LogP contribution in [0.1, 0.15) is 5.56 Å². The van der Waals surface area contributed by atoms with Gasteiger partial charge in [0.25, 0.3) is 0 Å². The summed E-state index contributed by atoms with van der Waals surface area (Å²) < 4.78 is 14.1. The third-order valence-corrected chi connectivity index (χ3v) is 6.98. The van der Waals surface area contributed by atoms with E-state index in [9.17, 15) is 20.4 Å². The first-order valence-corrected chi connectivity index (χ1v) is 13.2. The molecule has 1 saturated heterocycles. The molecule has 1 aliphatic heterocycles. The molecule has 214 valence electrons. The molecule has 12 nitrogen and oxygen atoms in total. The van der Waals surface area contributed by atoms with Crippen LogP contribution in [0.25, 0.3) is 28.0 Å². The molecular formula is C30H28N6O6. The highest BCUT2D eigenvalue weighted by molar-refractivity contribution is 5.91. The molecule has 0 radical (unpaired) electrons. The van der Waals surface area contributed by atoms with Crippen LogP contribution in [-0.2, 0) is 4.74 Å². The fourth-order valence-corrected chi connectivity index (χ4v) is 4.72. The molecule has 3 heterocycles. The van der Waals surface area contributed by atoms with E-state index in [2.05, 4.69) is 10.1 Å². The number of aliphatic hydroxyl groups is 4. The first-order chi connectivity index (χ1) is 20.4. The number of aromatic nitrogens is 4. The second kappa shape index (κ2) is 11.6. The van der Waals surface area contributed by atoms with Gasteiger partial charge in [0, 0.05) is 5.56 Å². The van der Waals surface area contributed by atoms with Crippen molar-refractivity contribution in [2.24, 2.45) is 5.10 Å². The molecule has 0 aliphatic carbocycles. The summed E-state index contributed by atoms with van der Waals surface area (Å²) in [5, 5.41) is 58.3. The molecule has 5 unspecified atom stereocenters. The quantitative estimate of drug-likeness (QED) is 0.184. The van der Waals surface area contributed by atoms with Gasteiger partial charge in [-0.15, -0.1) is 0 Å². The number of hydrogen-bond acceptors (Lipinski definition) is 10. The van der Waals surface area contributed by atoms with E-state index in [-0.39, 0.29) is 5.49 Å². The van der Waals surface area contributed by atoms with Crippen molar-refractivity contribution >= 4 is 17.2 Å². The summed E-state index contributed by atoms with van der Waals surface area (Å²) in [5.74, 6) is 0.328. The van der Waals surface area contributed by atoms with Crippen molar-refractivity contribution in [1.29, 1.82) is 5.41 Å². The van der Waals surface area contributed by atoms with Gasteiger partial charge in [-0.3, -0.25) is 5.41 Å². The number of aliphatic hydroxyl groups excluding tert-OH is 4. The van der Waals surface area contributed by atoms with E-state index in [1.807, 2.05) is 60.7 Å². The lowest BCUT2D eigenvalue weighted by Gasteiger charge is -2.39. The zero-order valence-electron chi connectivity index (χ0n) is 22.2. The number of fused-ring (bicyclic) bond motifs is 1. The molecule has 1 fully saturated rings. The number of nitrogens with one attached hydrogen (secondary N) is 1. The molecule has 0 saturated carbocycles. The van der Waals surface area contributed by atoms with E-state index in [0.717, 1.165) is 11.3 Å². The molecule has 5 atom stereocenters. The van der Waals surface area contributed by atoms with Gasteiger partial charge in [-0.25, -0.2) is 14.3 Å². The van der Waals surface area contributed by atoms with Gasteiger partial charge in [0.15, 0.2) is 11.1 Å². The Morgan fingerprint density at radius 1 is 0.905 bits per heavy atom. The Labute approximate surface area is 239 Å². The standard InChI is InChI=1S/C30H28N6O6/c31-28-23-24(19-7-3-1-4-8-19)34-36(20-9-5-2-6-10-20)29(23)32-17-35(28)33-15-18-11-13-21(14-12-18)41-30-27(40)26(39)25(38)22(16-37)42-30/h1-15,17,22,25-27,30-31,37-40H,16H2. The lowest BCUT2D eigenvalue weighted by Crippen LogP contribution is -2.60. The average Bonchev–Trinajstić information content (AvgIpc) is 3.43. The third kappa shape index (κ3) is 5.20. The molecule has 3 aromatic carbocycles. The van der Waals surface area contributed by atoms with Gasteiger partial charge in [-0.1, -0.05) is 48.5 Å². The summed E-state index contributed by atoms with van der Waals surface area (Å²) in [6.07, 6.45) is -3.82. The molecule has 6 rings (SSSR count). The molecule has 2 aromatic heterocycles. The third-order valence-electron chi connectivity index (χ3n) is 6.98. The fourth-order valence-electron chi connectivity index (χ4n) is 4.72. The normalized spacial score (nSPS) is 22.5. The van der Waals surface area contributed by atoms with E-state index in [4.69, 9.17) is 20.0 Å². The lowest BCUT2D eigenvalue weighted by molar-refractivity contribution is -0.277. The predicted octanol–water partition coefficient (Wildman–Crippen LogP) is 1.43. The number of para-hydroxylation sites is 1. The predicted molar refractivity (Wildman–Crippen MR) is 152 cm³/mol. The van der Waals surface area contributed by atoms with Crippen molar-refractivity contribution < 1.29 is 29.9 Å². The van der Waals surface area contributed by atoms with Gasteiger partial charge in [-0.2, -0.15) is 10.2 Å². The SMILES string of the molecule is N=c1c2c(-c3ccccc3)nn(-c3ccccc3)c2ncn1N=Cc1ccc(OC2OC(CO)C(O)C(O)C2O)cc1. The summed E-state index contributed by atoms with van der Waals surface area (Å²) in [6.45, 7) is -0.545. The van der Waals surface area contributed by atoms with E-state index in [1.54, 1.807) is 35.2 Å². The maximum Gasteiger partial charge on any atom is 0.229 e. The molecule has 5 N–H and O–H groups in total. The first-order valence-electron chi connectivity index (χ1n) is 13.2. The van der Waals surface area contributed by atoms with Gasteiger partial charge in [0.2, 0.25) is 6.29 Å². The molecule has 12 heteroatoms. The summed E-state index contributed by atoms with van der Waals surface area (Å²) in [6, 6.07) is 25.9. The van der Waals surface area contributed by atoms with Gasteiger partial charge in [0.1, 0.15) is 42.2 Å². The lowest BCUT2D eigenvalue weighted by atomic mass is 9.99. The van der Waals surface area contributed by atoms with Gasteiger partial charge in [-0.05, 0) is 42.0 Å². The Bertz CT molecular complexity index is 1750. The minimum atomic E-state index is -1.53. The maximum atomic E-state index is 10.2. The van der Waals surface area contributed by atoms with Crippen LogP contribution in [0, 0.1) is 5.41 Å². The van der Waals surface area contributed by atoms with Crippen LogP contribution in [0.5, 0.6) is 5.75 Å². The Kier molecular flexibility index (Phi) is 7.61. The van der Waals surface area contributed by atoms with Crippen LogP contribution in [0.15, 0.2) is 96.4 Å². The van der Waals surface area contributed by atoms with Crippen molar-refractivity contribution in [2.45, 2.75) is 30.7 Å². The Morgan fingerprint density at radius 3 is 2.29 bits per heavy atom. The van der Waals surface area contributed by atoms with Crippen molar-refractivity contribution in [2.75, 3.05) is 6.61 Å². The zero-order valence-corrected chi connectivity index (χ0v) is 22.2. The van der Waals surface area contributed by atoms with Crippen molar-refractivity contribution in [1.82, 2.24) is 19.4 Å². The van der Waals surface area contributed by atoms with E-state index in [0.29, 0.717) is 28.0 Å². The minimum Gasteiger partial charge on any atom is -0.462 e. The monoisotopic (exact) mass is 568 g/mol. The zero-order chi connectivity index (χ0) is 29.2. The van der Waals surface area contributed by atoms with Gasteiger partial charge in [0.05, 0.1) is 23.9 Å². The fraction of sp³-hybridized carbons (Fsp3) is 0.200. The average molecular weight is 569 g/mol. The van der Waals surface area contributed by atoms with Crippen molar-refractivity contribution in [3.8, 4) is 22.7 Å². The first kappa shape index (κ1) is 27.4. The summed E-state index contributed by atoms with van der Waals surface area (Å²) in [4.78, 5) is 4.60. The van der Waals surface area contributed by atoms with E-state index >= 15 is 0 Å². The molecule has 0 spiro atoms. The number of ether oxygens (including phenoxy) is 2. The Morgan fingerprint density at radius 2 is 1.60 bits per heavy atom. The smallest absolute Gasteiger partial charge is 0.229 e. The number of benzene rings is 3. The molecule has 1 aliphatic rings. The second-order valence-corrected chi connectivity index (χ2v) is 9.73. The number of hydrogen-bond donors (Lipinski definition) is 5. The Hall–Kier alpha value is -4.72. The van der Waals surface area contributed by atoms with Crippen LogP contribution >= 0.6 is 0 Å². The molecule has 0 amide bonds. The Balaban J connectivity index is 1.27. The van der Waals surface area contributed by atoms with E-state index < -0.39 is 37.3 Å².